The predicted octanol–water partition coefficient (Wildman–Crippen LogP) is -1.21. The lowest BCUT2D eigenvalue weighted by molar-refractivity contribution is -0.156. The molecule has 7 nitrogen and oxygen atoms in total. The topological polar surface area (TPSA) is 90.4 Å². The van der Waals surface area contributed by atoms with Crippen molar-refractivity contribution in [2.75, 3.05) is 6.61 Å². The molecule has 0 unspecified atom stereocenters. The highest BCUT2D eigenvalue weighted by Crippen LogP contribution is 2.31. The van der Waals surface area contributed by atoms with Crippen LogP contribution in [0.15, 0.2) is 21.7 Å². The van der Waals surface area contributed by atoms with Crippen molar-refractivity contribution in [2.24, 2.45) is 0 Å². The van der Waals surface area contributed by atoms with Crippen LogP contribution in [-0.4, -0.2) is 34.6 Å². The minimum absolute atomic E-state index is 0.134. The monoisotopic (exact) mass is 238 g/mol. The van der Waals surface area contributed by atoms with Gasteiger partial charge in [0.1, 0.15) is 6.10 Å². The number of aromatic nitrogens is 2. The maximum atomic E-state index is 11.6. The van der Waals surface area contributed by atoms with Crippen LogP contribution in [0.5, 0.6) is 0 Å². The third kappa shape index (κ3) is 1.63. The van der Waals surface area contributed by atoms with Crippen LogP contribution in [-0.2, 0) is 14.3 Å². The second kappa shape index (κ2) is 3.64. The third-order valence-electron chi connectivity index (χ3n) is 2.99. The Morgan fingerprint density at radius 1 is 1.29 bits per heavy atom. The van der Waals surface area contributed by atoms with Gasteiger partial charge >= 0.3 is 0 Å². The molecule has 7 heteroatoms. The Labute approximate surface area is 94.9 Å². The first-order valence-corrected chi connectivity index (χ1v) is 5.27. The molecule has 0 spiro atoms. The zero-order valence-corrected chi connectivity index (χ0v) is 8.79. The number of nitrogens with zero attached hydrogens (tertiary/aromatic N) is 1. The lowest BCUT2D eigenvalue weighted by atomic mass is 10.0. The molecule has 2 bridgehead atoms. The molecule has 1 aromatic rings. The molecule has 2 fully saturated rings. The van der Waals surface area contributed by atoms with E-state index in [4.69, 9.17) is 9.47 Å². The van der Waals surface area contributed by atoms with E-state index in [9.17, 15) is 14.4 Å². The molecular formula is C10H10N2O5. The van der Waals surface area contributed by atoms with Crippen molar-refractivity contribution < 1.29 is 14.3 Å². The summed E-state index contributed by atoms with van der Waals surface area (Å²) >= 11 is 0. The van der Waals surface area contributed by atoms with Crippen molar-refractivity contribution in [3.8, 4) is 0 Å². The number of nitrogens with one attached hydrogen (secondary N) is 1. The van der Waals surface area contributed by atoms with Crippen molar-refractivity contribution in [1.82, 2.24) is 9.78 Å². The Kier molecular flexibility index (Phi) is 2.23. The summed E-state index contributed by atoms with van der Waals surface area (Å²) in [5.41, 5.74) is -0.755. The molecule has 2 saturated heterocycles. The molecule has 2 aliphatic heterocycles. The Hall–Kier alpha value is -1.73. The van der Waals surface area contributed by atoms with E-state index in [1.165, 1.54) is 6.07 Å². The van der Waals surface area contributed by atoms with Crippen molar-refractivity contribution in [2.45, 2.75) is 24.9 Å². The first kappa shape index (κ1) is 10.4. The molecule has 3 heterocycles. The normalized spacial score (nSPS) is 31.8. The number of hydrogen-bond acceptors (Lipinski definition) is 5. The van der Waals surface area contributed by atoms with Gasteiger partial charge in [-0.15, -0.1) is 0 Å². The van der Waals surface area contributed by atoms with Gasteiger partial charge in [0.2, 0.25) is 6.29 Å². The van der Waals surface area contributed by atoms with E-state index in [0.29, 0.717) is 0 Å². The predicted molar refractivity (Wildman–Crippen MR) is 54.6 cm³/mol. The highest BCUT2D eigenvalue weighted by Gasteiger charge is 2.44. The van der Waals surface area contributed by atoms with Crippen LogP contribution in [0.2, 0.25) is 0 Å². The van der Waals surface area contributed by atoms with Gasteiger partial charge in [0.25, 0.3) is 11.1 Å². The molecule has 0 aliphatic carbocycles. The van der Waals surface area contributed by atoms with Gasteiger partial charge in [-0.2, -0.15) is 0 Å². The summed E-state index contributed by atoms with van der Waals surface area (Å²) < 4.78 is 11.6. The summed E-state index contributed by atoms with van der Waals surface area (Å²) in [7, 11) is 0. The smallest absolute Gasteiger partial charge is 0.265 e. The average molecular weight is 238 g/mol. The fourth-order valence-corrected chi connectivity index (χ4v) is 2.17. The Morgan fingerprint density at radius 2 is 2.12 bits per heavy atom. The zero-order valence-electron chi connectivity index (χ0n) is 8.79. The number of carbonyl (C=O) groups excluding carboxylic acids is 1. The summed E-state index contributed by atoms with van der Waals surface area (Å²) in [5, 5.41) is 2.41. The number of Topliss-reactive ketones (excluding diaryl/α,β-unsaturated/α-hetero) is 1. The Morgan fingerprint density at radius 3 is 2.94 bits per heavy atom. The third-order valence-corrected chi connectivity index (χ3v) is 2.99. The molecule has 2 aliphatic rings. The van der Waals surface area contributed by atoms with E-state index in [2.05, 4.69) is 5.10 Å². The molecular weight excluding hydrogens is 228 g/mol. The highest BCUT2D eigenvalue weighted by molar-refractivity contribution is 5.83. The van der Waals surface area contributed by atoms with Gasteiger partial charge in [0, 0.05) is 18.6 Å². The van der Waals surface area contributed by atoms with Crippen LogP contribution >= 0.6 is 0 Å². The van der Waals surface area contributed by atoms with Gasteiger partial charge in [0.15, 0.2) is 5.78 Å². The van der Waals surface area contributed by atoms with Crippen molar-refractivity contribution >= 4 is 5.78 Å². The van der Waals surface area contributed by atoms with Crippen LogP contribution < -0.4 is 11.1 Å². The van der Waals surface area contributed by atoms with Gasteiger partial charge in [-0.05, 0) is 0 Å². The summed E-state index contributed by atoms with van der Waals surface area (Å²) in [6.45, 7) is 0.254. The zero-order chi connectivity index (χ0) is 12.0. The van der Waals surface area contributed by atoms with Crippen LogP contribution in [0.25, 0.3) is 0 Å². The van der Waals surface area contributed by atoms with Gasteiger partial charge in [-0.1, -0.05) is 0 Å². The number of hydrogen-bond donors (Lipinski definition) is 1. The number of fused-ring (bicyclic) bond motifs is 2. The minimum atomic E-state index is -0.803. The second-order valence-corrected chi connectivity index (χ2v) is 4.10. The summed E-state index contributed by atoms with van der Waals surface area (Å²) in [5.74, 6) is -0.208. The quantitative estimate of drug-likeness (QED) is 0.663. The van der Waals surface area contributed by atoms with Crippen molar-refractivity contribution in [3.05, 3.63) is 32.8 Å². The molecule has 0 amide bonds. The van der Waals surface area contributed by atoms with E-state index < -0.39 is 17.9 Å². The van der Waals surface area contributed by atoms with Crippen LogP contribution in [0.1, 0.15) is 12.5 Å². The standard InChI is InChI=1S/C10H10N2O5/c13-6-3-5(7-4-16-10(6)17-7)12-9(15)2-1-8(14)11-12/h1-2,5,7,10H,3-4H2,(H,11,14)/t5-,7-,10+/m0/s1. The second-order valence-electron chi connectivity index (χ2n) is 4.10. The summed E-state index contributed by atoms with van der Waals surface area (Å²) in [6.07, 6.45) is -1.04. The first-order valence-electron chi connectivity index (χ1n) is 5.27. The van der Waals surface area contributed by atoms with Crippen LogP contribution in [0, 0.1) is 0 Å². The van der Waals surface area contributed by atoms with Crippen LogP contribution in [0.3, 0.4) is 0 Å². The van der Waals surface area contributed by atoms with E-state index in [0.717, 1.165) is 10.7 Å². The SMILES string of the molecule is O=C1C[C@H](n2[nH]c(=O)ccc2=O)[C@@H]2CO[C@@H]1O2. The highest BCUT2D eigenvalue weighted by atomic mass is 16.7. The van der Waals surface area contributed by atoms with Gasteiger partial charge < -0.3 is 9.47 Å². The van der Waals surface area contributed by atoms with E-state index >= 15 is 0 Å². The fourth-order valence-electron chi connectivity index (χ4n) is 2.17. The summed E-state index contributed by atoms with van der Waals surface area (Å²) in [6, 6.07) is 1.83. The molecule has 90 valence electrons. The fraction of sp³-hybridized carbons (Fsp3) is 0.500. The molecule has 1 aromatic heterocycles. The van der Waals surface area contributed by atoms with E-state index in [-0.39, 0.29) is 30.5 Å². The molecule has 3 atom stereocenters. The van der Waals surface area contributed by atoms with Gasteiger partial charge in [0.05, 0.1) is 12.6 Å². The maximum Gasteiger partial charge on any atom is 0.265 e. The number of H-pyrrole nitrogens is 1. The Balaban J connectivity index is 2.03. The van der Waals surface area contributed by atoms with Crippen molar-refractivity contribution in [1.29, 1.82) is 0 Å². The summed E-state index contributed by atoms with van der Waals surface area (Å²) in [4.78, 5) is 34.4. The number of ether oxygens (including phenoxy) is 2. The Bertz CT molecular complexity index is 575. The maximum absolute atomic E-state index is 11.6. The number of aromatic amines is 1. The molecule has 1 N–H and O–H groups in total. The molecule has 0 aromatic carbocycles. The molecule has 0 saturated carbocycles. The van der Waals surface area contributed by atoms with Crippen LogP contribution in [0.4, 0.5) is 0 Å². The number of rotatable bonds is 1. The molecule has 0 radical (unpaired) electrons. The largest absolute Gasteiger partial charge is 0.343 e. The number of carbonyl (C=O) groups is 1. The van der Waals surface area contributed by atoms with Crippen molar-refractivity contribution in [3.63, 3.8) is 0 Å². The number of ketones is 1. The minimum Gasteiger partial charge on any atom is -0.343 e. The molecule has 3 rings (SSSR count). The molecule has 17 heavy (non-hydrogen) atoms. The average Bonchev–Trinajstić information content (AvgIpc) is 2.73. The van der Waals surface area contributed by atoms with Gasteiger partial charge in [-0.25, -0.2) is 4.68 Å². The first-order chi connectivity index (χ1) is 8.15. The lowest BCUT2D eigenvalue weighted by Crippen LogP contribution is -2.43. The van der Waals surface area contributed by atoms with E-state index in [1.54, 1.807) is 0 Å². The van der Waals surface area contributed by atoms with Gasteiger partial charge in [-0.3, -0.25) is 19.5 Å². The lowest BCUT2D eigenvalue weighted by Gasteiger charge is -2.27. The van der Waals surface area contributed by atoms with E-state index in [1.807, 2.05) is 0 Å².